The van der Waals surface area contributed by atoms with Crippen molar-refractivity contribution in [2.45, 2.75) is 59.8 Å². The molecule has 0 N–H and O–H groups in total. The summed E-state index contributed by atoms with van der Waals surface area (Å²) in [6.45, 7) is 13.9. The fourth-order valence-corrected chi connectivity index (χ4v) is 4.29. The third-order valence-corrected chi connectivity index (χ3v) is 6.26. The maximum Gasteiger partial charge on any atom is 0.227 e. The van der Waals surface area contributed by atoms with Crippen LogP contribution in [0.4, 0.5) is 0 Å². The molecule has 178 valence electrons. The van der Waals surface area contributed by atoms with Crippen molar-refractivity contribution in [1.82, 2.24) is 19.9 Å². The average molecular weight is 468 g/mol. The molecule has 4 heterocycles. The number of furan rings is 1. The third-order valence-electron chi connectivity index (χ3n) is 6.26. The smallest absolute Gasteiger partial charge is 0.227 e. The van der Waals surface area contributed by atoms with E-state index in [1.165, 1.54) is 0 Å². The van der Waals surface area contributed by atoms with Crippen molar-refractivity contribution in [3.05, 3.63) is 65.5 Å². The zero-order chi connectivity index (χ0) is 26.0. The van der Waals surface area contributed by atoms with E-state index in [1.807, 2.05) is 32.3 Å². The van der Waals surface area contributed by atoms with Crippen molar-refractivity contribution in [1.29, 1.82) is 0 Å². The summed E-state index contributed by atoms with van der Waals surface area (Å²) in [5.74, 6) is 0.793. The predicted octanol–water partition coefficient (Wildman–Crippen LogP) is 6.36. The Bertz CT molecular complexity index is 1610. The van der Waals surface area contributed by atoms with Gasteiger partial charge in [0.15, 0.2) is 17.6 Å². The van der Waals surface area contributed by atoms with Crippen LogP contribution in [0.2, 0.25) is 0 Å². The summed E-state index contributed by atoms with van der Waals surface area (Å²) >= 11 is 0. The molecule has 0 saturated carbocycles. The van der Waals surface area contributed by atoms with Gasteiger partial charge < -0.3 is 4.42 Å². The number of aromatic nitrogens is 5. The van der Waals surface area contributed by atoms with Gasteiger partial charge in [-0.15, -0.1) is 0 Å². The van der Waals surface area contributed by atoms with Gasteiger partial charge in [0.25, 0.3) is 0 Å². The molecule has 0 bridgehead atoms. The van der Waals surface area contributed by atoms with Crippen LogP contribution in [-0.2, 0) is 12.5 Å². The molecule has 6 nitrogen and oxygen atoms in total. The second-order valence-electron chi connectivity index (χ2n) is 10.5. The lowest BCUT2D eigenvalue weighted by atomic mass is 9.95. The van der Waals surface area contributed by atoms with Crippen molar-refractivity contribution in [3.8, 4) is 22.6 Å². The molecule has 35 heavy (non-hydrogen) atoms. The van der Waals surface area contributed by atoms with E-state index in [9.17, 15) is 0 Å². The molecule has 5 rings (SSSR count). The van der Waals surface area contributed by atoms with Crippen LogP contribution in [0.5, 0.6) is 0 Å². The molecule has 5 aromatic rings. The first-order chi connectivity index (χ1) is 16.8. The Hall–Kier alpha value is -3.67. The first-order valence-corrected chi connectivity index (χ1v) is 11.9. The molecule has 0 radical (unpaired) electrons. The summed E-state index contributed by atoms with van der Waals surface area (Å²) in [6.07, 6.45) is 2.03. The zero-order valence-corrected chi connectivity index (χ0v) is 21.7. The van der Waals surface area contributed by atoms with Crippen molar-refractivity contribution in [3.63, 3.8) is 0 Å². The predicted molar refractivity (Wildman–Crippen MR) is 139 cm³/mol. The van der Waals surface area contributed by atoms with Crippen LogP contribution in [0.25, 0.3) is 44.7 Å². The molecule has 0 amide bonds. The van der Waals surface area contributed by atoms with Crippen molar-refractivity contribution in [2.75, 3.05) is 0 Å². The number of fused-ring (bicyclic) bond motifs is 3. The van der Waals surface area contributed by atoms with Crippen molar-refractivity contribution in [2.24, 2.45) is 7.05 Å². The Balaban J connectivity index is 1.68. The van der Waals surface area contributed by atoms with Gasteiger partial charge in [-0.05, 0) is 37.6 Å². The van der Waals surface area contributed by atoms with E-state index in [-0.39, 0.29) is 5.41 Å². The summed E-state index contributed by atoms with van der Waals surface area (Å²) in [6, 6.07) is 12.4. The van der Waals surface area contributed by atoms with Gasteiger partial charge in [-0.25, -0.2) is 24.5 Å². The van der Waals surface area contributed by atoms with E-state index in [2.05, 4.69) is 71.5 Å². The van der Waals surface area contributed by atoms with Crippen LogP contribution >= 0.6 is 0 Å². The van der Waals surface area contributed by atoms with E-state index in [4.69, 9.17) is 10.8 Å². The first kappa shape index (κ1) is 21.8. The summed E-state index contributed by atoms with van der Waals surface area (Å²) < 4.78 is 16.9. The van der Waals surface area contributed by atoms with Crippen LogP contribution in [0.3, 0.4) is 0 Å². The number of rotatable bonds is 3. The molecule has 0 spiro atoms. The highest BCUT2D eigenvalue weighted by molar-refractivity contribution is 6.08. The first-order valence-electron chi connectivity index (χ1n) is 12.4. The molecule has 6 heteroatoms. The second kappa shape index (κ2) is 8.22. The zero-order valence-electron chi connectivity index (χ0n) is 22.7. The maximum absolute atomic E-state index is 8.51. The molecular weight excluding hydrogens is 434 g/mol. The molecule has 0 saturated heterocycles. The molecule has 0 aliphatic rings. The van der Waals surface area contributed by atoms with E-state index < -0.39 is 5.89 Å². The normalized spacial score (nSPS) is 13.0. The quantitative estimate of drug-likeness (QED) is 0.289. The van der Waals surface area contributed by atoms with Gasteiger partial charge in [-0.2, -0.15) is 0 Å². The van der Waals surface area contributed by atoms with Crippen LogP contribution < -0.4 is 4.57 Å². The number of pyridine rings is 2. The fraction of sp³-hybridized carbons (Fsp3) is 0.345. The highest BCUT2D eigenvalue weighted by Crippen LogP contribution is 2.36. The number of hydrogen-bond acceptors (Lipinski definition) is 5. The Morgan fingerprint density at radius 2 is 1.66 bits per heavy atom. The number of benzene rings is 1. The van der Waals surface area contributed by atoms with Crippen molar-refractivity contribution >= 4 is 22.1 Å². The minimum Gasteiger partial charge on any atom is -0.437 e. The van der Waals surface area contributed by atoms with Gasteiger partial charge in [-0.1, -0.05) is 46.8 Å². The molecule has 0 aliphatic carbocycles. The van der Waals surface area contributed by atoms with Crippen molar-refractivity contribution < 1.29 is 10.4 Å². The second-order valence-corrected chi connectivity index (χ2v) is 10.5. The number of hydrogen-bond donors (Lipinski definition) is 0. The lowest BCUT2D eigenvalue weighted by Gasteiger charge is -2.18. The topological polar surface area (TPSA) is 68.6 Å². The Morgan fingerprint density at radius 1 is 0.914 bits per heavy atom. The number of nitrogens with zero attached hydrogens (tertiary/aromatic N) is 5. The van der Waals surface area contributed by atoms with Gasteiger partial charge >= 0.3 is 0 Å². The minimum absolute atomic E-state index is 0.264. The summed E-state index contributed by atoms with van der Waals surface area (Å²) in [5.41, 5.74) is 6.19. The molecule has 0 aliphatic heterocycles. The summed E-state index contributed by atoms with van der Waals surface area (Å²) in [4.78, 5) is 18.7. The fourth-order valence-electron chi connectivity index (χ4n) is 4.29. The molecule has 0 unspecified atom stereocenters. The summed E-state index contributed by atoms with van der Waals surface area (Å²) in [5, 5.41) is 2.07. The van der Waals surface area contributed by atoms with E-state index in [1.54, 1.807) is 13.8 Å². The standard InChI is InChI=1S/C29H32N5O/c1-16(2)25-31-26(33-28(32-25)29(5,6)7)19-11-14-22(34(8)15-19)23-17(3)9-12-20-21-13-10-18(4)30-27(21)35-24(20)23/h9-16H,1-8H3/q+1/i16D. The SMILES string of the molecule is [2H]C(C)(C)c1nc(-c2ccc(-c3c(C)ccc4c3oc3nc(C)ccc34)[n+](C)c2)nc(C(C)(C)C)n1. The van der Waals surface area contributed by atoms with Crippen LogP contribution in [0.15, 0.2) is 47.0 Å². The molecule has 0 fully saturated rings. The molecular formula is C29H32N5O+. The van der Waals surface area contributed by atoms with Gasteiger partial charge in [0.1, 0.15) is 18.7 Å². The lowest BCUT2D eigenvalue weighted by molar-refractivity contribution is -0.659. The largest absolute Gasteiger partial charge is 0.437 e. The maximum atomic E-state index is 8.51. The Morgan fingerprint density at radius 3 is 2.34 bits per heavy atom. The van der Waals surface area contributed by atoms with Crippen LogP contribution in [0.1, 0.15) is 64.8 Å². The van der Waals surface area contributed by atoms with Gasteiger partial charge in [0, 0.05) is 35.2 Å². The Labute approximate surface area is 207 Å². The summed E-state index contributed by atoms with van der Waals surface area (Å²) in [7, 11) is 2.02. The van der Waals surface area contributed by atoms with Crippen LogP contribution in [0, 0.1) is 13.8 Å². The molecule has 1 aromatic carbocycles. The van der Waals surface area contributed by atoms with Gasteiger partial charge in [0.05, 0.1) is 11.1 Å². The third kappa shape index (κ3) is 4.07. The monoisotopic (exact) mass is 467 g/mol. The lowest BCUT2D eigenvalue weighted by Crippen LogP contribution is -2.31. The Kier molecular flexibility index (Phi) is 5.13. The average Bonchev–Trinajstić information content (AvgIpc) is 3.15. The van der Waals surface area contributed by atoms with E-state index in [0.717, 1.165) is 44.4 Å². The van der Waals surface area contributed by atoms with E-state index in [0.29, 0.717) is 23.2 Å². The molecule has 4 aromatic heterocycles. The van der Waals surface area contributed by atoms with Gasteiger partial charge in [-0.3, -0.25) is 0 Å². The number of aryl methyl sites for hydroxylation is 3. The highest BCUT2D eigenvalue weighted by Gasteiger charge is 2.24. The molecule has 0 atom stereocenters. The van der Waals surface area contributed by atoms with Gasteiger partial charge in [0.2, 0.25) is 11.4 Å². The highest BCUT2D eigenvalue weighted by atomic mass is 16.3. The minimum atomic E-state index is -0.930. The van der Waals surface area contributed by atoms with E-state index >= 15 is 0 Å². The van der Waals surface area contributed by atoms with Crippen LogP contribution in [-0.4, -0.2) is 19.9 Å².